The third kappa shape index (κ3) is 7.64. The summed E-state index contributed by atoms with van der Waals surface area (Å²) in [5.74, 6) is 1.53. The molecule has 0 saturated carbocycles. The highest BCUT2D eigenvalue weighted by Gasteiger charge is 2.37. The van der Waals surface area contributed by atoms with Gasteiger partial charge in [-0.1, -0.05) is 172 Å². The van der Waals surface area contributed by atoms with E-state index in [0.717, 1.165) is 0 Å². The van der Waals surface area contributed by atoms with Gasteiger partial charge in [-0.15, -0.1) is 0 Å². The fourth-order valence-electron chi connectivity index (χ4n) is 6.10. The summed E-state index contributed by atoms with van der Waals surface area (Å²) in [6, 6.07) is 50.7. The number of nitrogens with zero attached hydrogens (tertiary/aromatic N) is 2. The maximum absolute atomic E-state index is 4.46. The molecule has 4 heteroatoms. The van der Waals surface area contributed by atoms with Crippen LogP contribution in [0.5, 0.6) is 0 Å². The van der Waals surface area contributed by atoms with E-state index in [1.165, 1.54) is 38.6 Å². The fourth-order valence-corrected chi connectivity index (χ4v) is 8.45. The first-order chi connectivity index (χ1) is 21.9. The summed E-state index contributed by atoms with van der Waals surface area (Å²) >= 11 is 0. The third-order valence-electron chi connectivity index (χ3n) is 8.96. The van der Waals surface area contributed by atoms with Crippen LogP contribution in [0.25, 0.3) is 0 Å². The number of hydrogen-bond donors (Lipinski definition) is 0. The number of rotatable bonds is 9. The second-order valence-electron chi connectivity index (χ2n) is 12.6. The topological polar surface area (TPSA) is 17.8 Å². The molecule has 0 atom stereocenters. The maximum Gasteiger partial charge on any atom is 0.116 e. The molecule has 2 nitrogen and oxygen atoms in total. The van der Waals surface area contributed by atoms with Crippen molar-refractivity contribution in [2.45, 2.75) is 50.5 Å². The Morgan fingerprint density at radius 1 is 0.556 bits per heavy atom. The van der Waals surface area contributed by atoms with Gasteiger partial charge in [0.2, 0.25) is 0 Å². The second-order valence-corrected chi connectivity index (χ2v) is 14.8. The van der Waals surface area contributed by atoms with Crippen LogP contribution in [0.2, 0.25) is 0 Å². The number of aromatic nitrogens is 2. The monoisotopic (exact) mass is 604 g/mol. The molecule has 0 radical (unpaired) electrons. The van der Waals surface area contributed by atoms with Crippen LogP contribution in [0.4, 0.5) is 0 Å². The van der Waals surface area contributed by atoms with E-state index in [1.807, 2.05) is 12.5 Å². The number of hydrogen-bond acceptors (Lipinski definition) is 1. The maximum atomic E-state index is 4.46. The normalized spacial score (nSPS) is 11.7. The van der Waals surface area contributed by atoms with Crippen molar-refractivity contribution >= 4 is 22.6 Å². The average Bonchev–Trinajstić information content (AvgIpc) is 3.64. The van der Waals surface area contributed by atoms with Crippen LogP contribution in [0.1, 0.15) is 78.7 Å². The van der Waals surface area contributed by atoms with Gasteiger partial charge in [-0.25, -0.2) is 4.98 Å². The zero-order chi connectivity index (χ0) is 31.6. The molecule has 0 unspecified atom stereocenters. The molecule has 0 aliphatic rings. The molecule has 45 heavy (non-hydrogen) atoms. The molecule has 0 bridgehead atoms. The van der Waals surface area contributed by atoms with E-state index < -0.39 is 9.52 Å². The Bertz CT molecular complexity index is 1610. The van der Waals surface area contributed by atoms with E-state index in [4.69, 9.17) is 0 Å². The minimum atomic E-state index is -0.810. The lowest BCUT2D eigenvalue weighted by Crippen LogP contribution is -2.46. The summed E-state index contributed by atoms with van der Waals surface area (Å²) in [5.41, 5.74) is 8.17. The van der Waals surface area contributed by atoms with Crippen molar-refractivity contribution < 1.29 is 0 Å². The molecule has 6 rings (SSSR count). The molecule has 0 fully saturated rings. The Labute approximate surface area is 273 Å². The van der Waals surface area contributed by atoms with Gasteiger partial charge in [0.1, 0.15) is 7.85 Å². The van der Waals surface area contributed by atoms with Crippen molar-refractivity contribution in [3.05, 3.63) is 192 Å². The second kappa shape index (κ2) is 15.1. The highest BCUT2D eigenvalue weighted by molar-refractivity contribution is 6.57. The van der Waals surface area contributed by atoms with Gasteiger partial charge in [-0.3, -0.25) is 0 Å². The van der Waals surface area contributed by atoms with E-state index >= 15 is 0 Å². The quantitative estimate of drug-likeness (QED) is 0.154. The number of imidazole rings is 1. The minimum absolute atomic E-state index is 0.233. The molecule has 226 valence electrons. The Morgan fingerprint density at radius 3 is 1.36 bits per heavy atom. The molecule has 5 aromatic carbocycles. The summed E-state index contributed by atoms with van der Waals surface area (Å²) in [7, 11) is 1.43. The van der Waals surface area contributed by atoms with Crippen LogP contribution in [0.3, 0.4) is 0 Å². The van der Waals surface area contributed by atoms with E-state index in [9.17, 15) is 0 Å². The number of benzene rings is 5. The Morgan fingerprint density at radius 2 is 0.978 bits per heavy atom. The highest BCUT2D eigenvalue weighted by Crippen LogP contribution is 2.35. The molecular weight excluding hydrogens is 559 g/mol. The third-order valence-corrected chi connectivity index (χ3v) is 11.5. The van der Waals surface area contributed by atoms with Gasteiger partial charge < -0.3 is 4.57 Å². The minimum Gasteiger partial charge on any atom is -0.326 e. The summed E-state index contributed by atoms with van der Waals surface area (Å²) in [6.45, 7) is 9.01. The van der Waals surface area contributed by atoms with E-state index in [2.05, 4.69) is 191 Å². The fraction of sp³-hybridized carbons (Fsp3) is 0.195. The zero-order valence-corrected chi connectivity index (χ0v) is 28.8. The van der Waals surface area contributed by atoms with Crippen LogP contribution in [-0.4, -0.2) is 26.9 Å². The molecule has 1 heterocycles. The van der Waals surface area contributed by atoms with Gasteiger partial charge >= 0.3 is 0 Å². The molecule has 0 spiro atoms. The van der Waals surface area contributed by atoms with Crippen LogP contribution in [0, 0.1) is 0 Å². The van der Waals surface area contributed by atoms with Gasteiger partial charge in [0.15, 0.2) is 0 Å². The molecule has 1 aromatic heterocycles. The van der Waals surface area contributed by atoms with Crippen LogP contribution < -0.4 is 5.19 Å². The Hall–Kier alpha value is -4.41. The van der Waals surface area contributed by atoms with Crippen molar-refractivity contribution in [2.75, 3.05) is 0 Å². The predicted octanol–water partition coefficient (Wildman–Crippen LogP) is 7.78. The van der Waals surface area contributed by atoms with Gasteiger partial charge in [0, 0.05) is 12.4 Å². The summed E-state index contributed by atoms with van der Waals surface area (Å²) in [4.78, 5) is 4.46. The van der Waals surface area contributed by atoms with Gasteiger partial charge in [-0.2, -0.15) is 0 Å². The smallest absolute Gasteiger partial charge is 0.116 e. The van der Waals surface area contributed by atoms with Crippen molar-refractivity contribution in [1.82, 2.24) is 9.55 Å². The van der Waals surface area contributed by atoms with Gasteiger partial charge in [-0.05, 0) is 51.0 Å². The van der Waals surface area contributed by atoms with E-state index in [-0.39, 0.29) is 5.16 Å². The van der Waals surface area contributed by atoms with Crippen molar-refractivity contribution in [3.8, 4) is 0 Å². The van der Waals surface area contributed by atoms with Crippen molar-refractivity contribution in [1.29, 1.82) is 0 Å². The van der Waals surface area contributed by atoms with Crippen LogP contribution in [-0.2, 0) is 5.16 Å². The standard InChI is InChI=1S/C28H32N2Si.C13H13B/c1-21(2)23-10-14-25(15-11-23)28(30-19-18-29-20-30,31-27-8-6-5-7-9-27)26-16-12-24(13-17-26)22(3)4;14-13(11-7-3-1-4-8-11)12-9-5-2-6-10-12/h5-22H,31H2,1-4H3;1-10,13H,14H2. The van der Waals surface area contributed by atoms with E-state index in [1.54, 1.807) is 0 Å². The molecule has 0 saturated heterocycles. The molecule has 0 amide bonds. The molecule has 0 aliphatic heterocycles. The molecular formula is C41H45BN2Si. The lowest BCUT2D eigenvalue weighted by molar-refractivity contribution is 0.595. The Kier molecular flexibility index (Phi) is 10.7. The predicted molar refractivity (Wildman–Crippen MR) is 197 cm³/mol. The van der Waals surface area contributed by atoms with Crippen LogP contribution >= 0.6 is 0 Å². The highest BCUT2D eigenvalue weighted by atomic mass is 28.2. The van der Waals surface area contributed by atoms with E-state index in [0.29, 0.717) is 17.7 Å². The first kappa shape index (κ1) is 32.0. The largest absolute Gasteiger partial charge is 0.326 e. The molecule has 6 aromatic rings. The summed E-state index contributed by atoms with van der Waals surface area (Å²) < 4.78 is 2.33. The lowest BCUT2D eigenvalue weighted by atomic mass is 9.76. The van der Waals surface area contributed by atoms with Gasteiger partial charge in [0.05, 0.1) is 21.0 Å². The summed E-state index contributed by atoms with van der Waals surface area (Å²) in [6.07, 6.45) is 6.02. The zero-order valence-electron chi connectivity index (χ0n) is 27.3. The first-order valence-corrected chi connectivity index (χ1v) is 17.6. The van der Waals surface area contributed by atoms with Gasteiger partial charge in [0.25, 0.3) is 0 Å². The first-order valence-electron chi connectivity index (χ1n) is 16.2. The lowest BCUT2D eigenvalue weighted by Gasteiger charge is -2.37. The van der Waals surface area contributed by atoms with Crippen molar-refractivity contribution in [2.24, 2.45) is 0 Å². The Balaban J connectivity index is 0.000000238. The molecule has 0 N–H and O–H groups in total. The SMILES string of the molecule is BC(c1ccccc1)c1ccccc1.CC(C)c1ccc(C([SiH2]c2ccccc2)(c2ccc(C(C)C)cc2)n2ccnc2)cc1. The van der Waals surface area contributed by atoms with Crippen molar-refractivity contribution in [3.63, 3.8) is 0 Å². The average molecular weight is 605 g/mol. The summed E-state index contributed by atoms with van der Waals surface area (Å²) in [5, 5.41) is 1.21. The molecule has 0 aliphatic carbocycles. The van der Waals surface area contributed by atoms with Crippen LogP contribution in [0.15, 0.2) is 158 Å².